The first kappa shape index (κ1) is 15.5. The third-order valence-corrected chi connectivity index (χ3v) is 4.12. The molecule has 120 valence electrons. The average Bonchev–Trinajstić information content (AvgIpc) is 2.99. The van der Waals surface area contributed by atoms with Gasteiger partial charge in [-0.2, -0.15) is 5.10 Å². The van der Waals surface area contributed by atoms with Crippen molar-refractivity contribution < 1.29 is 4.79 Å². The molecule has 1 aliphatic rings. The van der Waals surface area contributed by atoms with Gasteiger partial charge in [-0.25, -0.2) is 10.4 Å². The van der Waals surface area contributed by atoms with Crippen molar-refractivity contribution in [3.8, 4) is 0 Å². The summed E-state index contributed by atoms with van der Waals surface area (Å²) >= 11 is 0. The summed E-state index contributed by atoms with van der Waals surface area (Å²) in [6, 6.07) is 8.16. The average molecular weight is 310 g/mol. The summed E-state index contributed by atoms with van der Waals surface area (Å²) in [5.41, 5.74) is 5.23. The van der Waals surface area contributed by atoms with Crippen LogP contribution in [0.15, 0.2) is 35.6 Å². The summed E-state index contributed by atoms with van der Waals surface area (Å²) in [6.07, 6.45) is 6.70. The van der Waals surface area contributed by atoms with E-state index in [1.54, 1.807) is 6.21 Å². The number of nitrogens with zero attached hydrogens (tertiary/aromatic N) is 3. The van der Waals surface area contributed by atoms with Crippen molar-refractivity contribution >= 4 is 12.1 Å². The van der Waals surface area contributed by atoms with E-state index >= 15 is 0 Å². The van der Waals surface area contributed by atoms with Crippen LogP contribution in [0.1, 0.15) is 60.0 Å². The number of rotatable bonds is 4. The topological polar surface area (TPSA) is 59.3 Å². The van der Waals surface area contributed by atoms with Gasteiger partial charge in [0.25, 0.3) is 5.91 Å². The van der Waals surface area contributed by atoms with Gasteiger partial charge in [-0.15, -0.1) is 0 Å². The number of aryl methyl sites for hydroxylation is 2. The molecular formula is C18H22N4O. The number of hydrazone groups is 1. The highest BCUT2D eigenvalue weighted by Crippen LogP contribution is 2.15. The number of hydrogen-bond donors (Lipinski definition) is 1. The Morgan fingerprint density at radius 1 is 1.30 bits per heavy atom. The van der Waals surface area contributed by atoms with Gasteiger partial charge in [-0.1, -0.05) is 38.1 Å². The fraction of sp³-hybridized carbons (Fsp3) is 0.389. The molecule has 3 rings (SSSR count). The molecule has 0 spiro atoms. The third-order valence-electron chi connectivity index (χ3n) is 4.12. The van der Waals surface area contributed by atoms with E-state index in [2.05, 4.69) is 46.1 Å². The molecule has 1 amide bonds. The molecule has 23 heavy (non-hydrogen) atoms. The number of nitrogens with one attached hydrogen (secondary N) is 1. The highest BCUT2D eigenvalue weighted by molar-refractivity contribution is 5.93. The Balaban J connectivity index is 1.61. The fourth-order valence-electron chi connectivity index (χ4n) is 2.71. The maximum absolute atomic E-state index is 12.1. The largest absolute Gasteiger partial charge is 0.334 e. The van der Waals surface area contributed by atoms with Crippen LogP contribution in [0.4, 0.5) is 0 Å². The van der Waals surface area contributed by atoms with Gasteiger partial charge < -0.3 is 4.57 Å². The van der Waals surface area contributed by atoms with Crippen LogP contribution < -0.4 is 5.43 Å². The molecule has 5 nitrogen and oxygen atoms in total. The molecule has 0 radical (unpaired) electrons. The maximum Gasteiger partial charge on any atom is 0.291 e. The summed E-state index contributed by atoms with van der Waals surface area (Å²) in [5, 5.41) is 4.02. The lowest BCUT2D eigenvalue weighted by atomic mass is 10.0. The van der Waals surface area contributed by atoms with Gasteiger partial charge in [-0.3, -0.25) is 4.79 Å². The van der Waals surface area contributed by atoms with Crippen LogP contribution >= 0.6 is 0 Å². The Morgan fingerprint density at radius 2 is 2.09 bits per heavy atom. The number of carbonyl (C=O) groups is 1. The monoisotopic (exact) mass is 310 g/mol. The first-order chi connectivity index (χ1) is 11.1. The van der Waals surface area contributed by atoms with Gasteiger partial charge in [0.05, 0.1) is 6.21 Å². The quantitative estimate of drug-likeness (QED) is 0.697. The molecule has 2 aromatic rings. The van der Waals surface area contributed by atoms with Gasteiger partial charge in [-0.05, 0) is 29.9 Å². The molecule has 0 fully saturated rings. The molecule has 1 N–H and O–H groups in total. The standard InChI is InChI=1S/C18H22N4O/c1-13(2)15-8-6-14(7-9-15)11-19-21-18(23)16-12-22-10-4-3-5-17(22)20-16/h6-9,11-13H,3-5,10H2,1-2H3,(H,21,23)/b19-11+. The lowest BCUT2D eigenvalue weighted by Crippen LogP contribution is -2.18. The van der Waals surface area contributed by atoms with Gasteiger partial charge >= 0.3 is 0 Å². The molecule has 2 heterocycles. The van der Waals surface area contributed by atoms with Crippen molar-refractivity contribution in [2.45, 2.75) is 45.6 Å². The molecule has 0 saturated carbocycles. The highest BCUT2D eigenvalue weighted by Gasteiger charge is 2.16. The van der Waals surface area contributed by atoms with Crippen molar-refractivity contribution in [1.29, 1.82) is 0 Å². The number of amides is 1. The van der Waals surface area contributed by atoms with E-state index in [9.17, 15) is 4.79 Å². The van der Waals surface area contributed by atoms with Crippen LogP contribution in [0, 0.1) is 0 Å². The van der Waals surface area contributed by atoms with Gasteiger partial charge in [0, 0.05) is 19.2 Å². The minimum atomic E-state index is -0.262. The number of hydrogen-bond acceptors (Lipinski definition) is 3. The first-order valence-corrected chi connectivity index (χ1v) is 8.13. The molecule has 0 unspecified atom stereocenters. The summed E-state index contributed by atoms with van der Waals surface area (Å²) in [6.45, 7) is 5.27. The molecule has 5 heteroatoms. The van der Waals surface area contributed by atoms with Crippen LogP contribution in [-0.2, 0) is 13.0 Å². The summed E-state index contributed by atoms with van der Waals surface area (Å²) < 4.78 is 2.06. The van der Waals surface area contributed by atoms with Crippen molar-refractivity contribution in [2.75, 3.05) is 0 Å². The summed E-state index contributed by atoms with van der Waals surface area (Å²) in [7, 11) is 0. The zero-order valence-electron chi connectivity index (χ0n) is 13.6. The molecule has 1 aromatic carbocycles. The summed E-state index contributed by atoms with van der Waals surface area (Å²) in [4.78, 5) is 16.5. The Morgan fingerprint density at radius 3 is 2.78 bits per heavy atom. The van der Waals surface area contributed by atoms with E-state index in [0.717, 1.165) is 37.2 Å². The van der Waals surface area contributed by atoms with Crippen molar-refractivity contribution in [3.63, 3.8) is 0 Å². The number of aromatic nitrogens is 2. The van der Waals surface area contributed by atoms with E-state index in [0.29, 0.717) is 11.6 Å². The molecule has 0 atom stereocenters. The van der Waals surface area contributed by atoms with Gasteiger partial charge in [0.15, 0.2) is 0 Å². The second-order valence-corrected chi connectivity index (χ2v) is 6.21. The zero-order chi connectivity index (χ0) is 16.2. The minimum Gasteiger partial charge on any atom is -0.334 e. The first-order valence-electron chi connectivity index (χ1n) is 8.13. The van der Waals surface area contributed by atoms with E-state index in [1.807, 2.05) is 18.3 Å². The van der Waals surface area contributed by atoms with Gasteiger partial charge in [0.2, 0.25) is 0 Å². The van der Waals surface area contributed by atoms with Crippen LogP contribution in [0.2, 0.25) is 0 Å². The molecule has 0 saturated heterocycles. The number of benzene rings is 1. The van der Waals surface area contributed by atoms with Crippen LogP contribution in [0.25, 0.3) is 0 Å². The Hall–Kier alpha value is -2.43. The smallest absolute Gasteiger partial charge is 0.291 e. The predicted octanol–water partition coefficient (Wildman–Crippen LogP) is 3.11. The third kappa shape index (κ3) is 3.67. The highest BCUT2D eigenvalue weighted by atomic mass is 16.2. The molecule has 0 aliphatic carbocycles. The minimum absolute atomic E-state index is 0.262. The van der Waals surface area contributed by atoms with Crippen molar-refractivity contribution in [3.05, 3.63) is 53.1 Å². The van der Waals surface area contributed by atoms with Gasteiger partial charge in [0.1, 0.15) is 11.5 Å². The fourth-order valence-corrected chi connectivity index (χ4v) is 2.71. The van der Waals surface area contributed by atoms with E-state index < -0.39 is 0 Å². The van der Waals surface area contributed by atoms with E-state index in [-0.39, 0.29) is 5.91 Å². The Labute approximate surface area is 136 Å². The van der Waals surface area contributed by atoms with Crippen LogP contribution in [-0.4, -0.2) is 21.7 Å². The lowest BCUT2D eigenvalue weighted by molar-refractivity contribution is 0.0950. The van der Waals surface area contributed by atoms with Crippen molar-refractivity contribution in [1.82, 2.24) is 15.0 Å². The summed E-state index contributed by atoms with van der Waals surface area (Å²) in [5.74, 6) is 1.24. The lowest BCUT2D eigenvalue weighted by Gasteiger charge is -2.11. The number of fused-ring (bicyclic) bond motifs is 1. The number of imidazole rings is 1. The zero-order valence-corrected chi connectivity index (χ0v) is 13.6. The molecule has 1 aliphatic heterocycles. The van der Waals surface area contributed by atoms with Crippen LogP contribution in [0.5, 0.6) is 0 Å². The maximum atomic E-state index is 12.1. The molecule has 1 aromatic heterocycles. The molecular weight excluding hydrogens is 288 g/mol. The van der Waals surface area contributed by atoms with Crippen molar-refractivity contribution in [2.24, 2.45) is 5.10 Å². The SMILES string of the molecule is CC(C)c1ccc(/C=N/NC(=O)c2cn3c(n2)CCCC3)cc1. The van der Waals surface area contributed by atoms with E-state index in [4.69, 9.17) is 0 Å². The Kier molecular flexibility index (Phi) is 4.55. The number of carbonyl (C=O) groups excluding carboxylic acids is 1. The van der Waals surface area contributed by atoms with Crippen LogP contribution in [0.3, 0.4) is 0 Å². The second kappa shape index (κ2) is 6.77. The van der Waals surface area contributed by atoms with E-state index in [1.165, 1.54) is 5.56 Å². The Bertz CT molecular complexity index is 690. The predicted molar refractivity (Wildman–Crippen MR) is 90.8 cm³/mol. The molecule has 0 bridgehead atoms. The second-order valence-electron chi connectivity index (χ2n) is 6.21. The normalized spacial score (nSPS) is 14.2.